The van der Waals surface area contributed by atoms with Crippen LogP contribution in [0.3, 0.4) is 0 Å². The van der Waals surface area contributed by atoms with Crippen LogP contribution < -0.4 is 10.6 Å². The summed E-state index contributed by atoms with van der Waals surface area (Å²) in [7, 11) is 0. The number of amides is 2. The second-order valence-corrected chi connectivity index (χ2v) is 12.1. The van der Waals surface area contributed by atoms with Crippen molar-refractivity contribution in [3.05, 3.63) is 143 Å². The summed E-state index contributed by atoms with van der Waals surface area (Å²) in [5, 5.41) is 5.38. The Morgan fingerprint density at radius 2 is 1.10 bits per heavy atom. The molecule has 0 unspecified atom stereocenters. The van der Waals surface area contributed by atoms with Crippen molar-refractivity contribution in [3.63, 3.8) is 0 Å². The summed E-state index contributed by atoms with van der Waals surface area (Å²) in [6.07, 6.45) is 17.0. The number of rotatable bonds is 8. The predicted octanol–water partition coefficient (Wildman–Crippen LogP) is 8.95. The maximum Gasteiger partial charge on any atom is 0.258 e. The number of nitrogens with zero attached hydrogens (tertiary/aromatic N) is 3. The first-order valence-corrected chi connectivity index (χ1v) is 16.7. The van der Waals surface area contributed by atoms with E-state index in [2.05, 4.69) is 25.6 Å². The van der Waals surface area contributed by atoms with Gasteiger partial charge in [0.15, 0.2) is 23.8 Å². The summed E-state index contributed by atoms with van der Waals surface area (Å²) >= 11 is 0. The highest BCUT2D eigenvalue weighted by Crippen LogP contribution is 2.38. The number of nitrogens with one attached hydrogen (secondary N) is 2. The zero-order valence-electron chi connectivity index (χ0n) is 27.7. The van der Waals surface area contributed by atoms with E-state index in [1.165, 1.54) is 42.1 Å². The van der Waals surface area contributed by atoms with Gasteiger partial charge in [0.1, 0.15) is 6.29 Å². The predicted molar refractivity (Wildman–Crippen MR) is 190 cm³/mol. The fourth-order valence-corrected chi connectivity index (χ4v) is 6.27. The van der Waals surface area contributed by atoms with E-state index in [-0.39, 0.29) is 11.1 Å². The van der Waals surface area contributed by atoms with Gasteiger partial charge in [-0.1, -0.05) is 24.3 Å². The molecular weight excluding hydrogens is 652 g/mol. The third kappa shape index (κ3) is 8.56. The fourth-order valence-electron chi connectivity index (χ4n) is 6.27. The van der Waals surface area contributed by atoms with Crippen LogP contribution in [0.2, 0.25) is 0 Å². The van der Waals surface area contributed by atoms with E-state index in [4.69, 9.17) is 4.42 Å². The summed E-state index contributed by atoms with van der Waals surface area (Å²) in [5.41, 5.74) is 7.56. The Morgan fingerprint density at radius 3 is 1.59 bits per heavy atom. The lowest BCUT2D eigenvalue weighted by molar-refractivity contribution is -0.105. The summed E-state index contributed by atoms with van der Waals surface area (Å²) < 4.78 is 32.7. The van der Waals surface area contributed by atoms with Crippen LogP contribution in [0, 0.1) is 11.6 Å². The summed E-state index contributed by atoms with van der Waals surface area (Å²) in [4.78, 5) is 46.8. The third-order valence-corrected chi connectivity index (χ3v) is 8.87. The standard InChI is InChI=1S/C21H18FN3O2.C19H17FN2O2/c22-19-11-23-10-9-18(19)21(26)25-15-7-5-14(6-8-15)16-3-1-2-4-17(16)20-12-24-13-27-20;20-18-11-21-10-9-17(18)19(24)22-15-7-5-13(6-8-15)16-4-2-1-3-14(16)12-23/h5-13H,1-4H2,(H,25,26);5-12H,1-4H2,(H,22,24). The number of aldehydes is 1. The minimum Gasteiger partial charge on any atom is -0.444 e. The molecule has 3 aromatic heterocycles. The van der Waals surface area contributed by atoms with Crippen molar-refractivity contribution in [1.82, 2.24) is 15.0 Å². The molecule has 3 heterocycles. The molecule has 7 rings (SSSR count). The molecular formula is C40H35F2N5O4. The minimum absolute atomic E-state index is 0.0309. The maximum absolute atomic E-state index is 13.7. The van der Waals surface area contributed by atoms with Crippen molar-refractivity contribution < 1.29 is 27.6 Å². The highest BCUT2D eigenvalue weighted by Gasteiger charge is 2.19. The van der Waals surface area contributed by atoms with Gasteiger partial charge in [-0.25, -0.2) is 13.8 Å². The van der Waals surface area contributed by atoms with Gasteiger partial charge in [0.25, 0.3) is 11.8 Å². The lowest BCUT2D eigenvalue weighted by Crippen LogP contribution is -2.13. The van der Waals surface area contributed by atoms with Crippen molar-refractivity contribution in [2.75, 3.05) is 10.6 Å². The van der Waals surface area contributed by atoms with Crippen molar-refractivity contribution in [2.24, 2.45) is 0 Å². The van der Waals surface area contributed by atoms with Gasteiger partial charge in [-0.05, 0) is 116 Å². The number of halogens is 2. The first-order valence-electron chi connectivity index (χ1n) is 16.7. The second-order valence-electron chi connectivity index (χ2n) is 12.1. The average Bonchev–Trinajstić information content (AvgIpc) is 3.71. The zero-order chi connectivity index (χ0) is 35.6. The third-order valence-electron chi connectivity index (χ3n) is 8.87. The smallest absolute Gasteiger partial charge is 0.258 e. The normalized spacial score (nSPS) is 14.3. The Morgan fingerprint density at radius 1 is 0.608 bits per heavy atom. The topological polar surface area (TPSA) is 127 Å². The first kappa shape index (κ1) is 34.8. The van der Waals surface area contributed by atoms with Crippen LogP contribution in [-0.4, -0.2) is 33.1 Å². The molecule has 0 radical (unpaired) electrons. The van der Waals surface area contributed by atoms with E-state index >= 15 is 0 Å². The molecule has 2 aliphatic rings. The van der Waals surface area contributed by atoms with Crippen LogP contribution in [-0.2, 0) is 4.79 Å². The van der Waals surface area contributed by atoms with Crippen LogP contribution in [0.15, 0.2) is 108 Å². The average molecular weight is 688 g/mol. The molecule has 0 aliphatic heterocycles. The van der Waals surface area contributed by atoms with Crippen LogP contribution in [0.1, 0.15) is 89.0 Å². The number of carbonyl (C=O) groups excluding carboxylic acids is 3. The van der Waals surface area contributed by atoms with E-state index in [0.29, 0.717) is 11.4 Å². The van der Waals surface area contributed by atoms with E-state index in [0.717, 1.165) is 98.1 Å². The molecule has 258 valence electrons. The number of carbonyl (C=O) groups is 3. The van der Waals surface area contributed by atoms with Gasteiger partial charge in [-0.15, -0.1) is 0 Å². The molecule has 0 atom stereocenters. The summed E-state index contributed by atoms with van der Waals surface area (Å²) in [6, 6.07) is 17.6. The summed E-state index contributed by atoms with van der Waals surface area (Å²) in [5.74, 6) is -1.50. The maximum atomic E-state index is 13.7. The lowest BCUT2D eigenvalue weighted by Gasteiger charge is -2.19. The quantitative estimate of drug-likeness (QED) is 0.156. The number of hydrogen-bond donors (Lipinski definition) is 2. The van der Waals surface area contributed by atoms with Gasteiger partial charge in [0.2, 0.25) is 0 Å². The van der Waals surface area contributed by atoms with Crippen molar-refractivity contribution in [2.45, 2.75) is 51.4 Å². The monoisotopic (exact) mass is 687 g/mol. The van der Waals surface area contributed by atoms with Crippen LogP contribution in [0.25, 0.3) is 16.7 Å². The van der Waals surface area contributed by atoms with E-state index in [1.54, 1.807) is 18.3 Å². The zero-order valence-corrected chi connectivity index (χ0v) is 27.7. The van der Waals surface area contributed by atoms with Crippen molar-refractivity contribution in [1.29, 1.82) is 0 Å². The molecule has 2 N–H and O–H groups in total. The molecule has 0 fully saturated rings. The Hall–Kier alpha value is -6.10. The van der Waals surface area contributed by atoms with Gasteiger partial charge in [0.05, 0.1) is 29.7 Å². The van der Waals surface area contributed by atoms with E-state index in [1.807, 2.05) is 36.4 Å². The minimum atomic E-state index is -0.658. The van der Waals surface area contributed by atoms with Gasteiger partial charge in [-0.3, -0.25) is 24.4 Å². The van der Waals surface area contributed by atoms with Crippen LogP contribution in [0.4, 0.5) is 20.2 Å². The molecule has 0 saturated heterocycles. The molecule has 2 aromatic carbocycles. The van der Waals surface area contributed by atoms with E-state index in [9.17, 15) is 23.2 Å². The Bertz CT molecular complexity index is 2070. The molecule has 0 bridgehead atoms. The number of hydrogen-bond acceptors (Lipinski definition) is 7. The Labute approximate surface area is 293 Å². The van der Waals surface area contributed by atoms with Gasteiger partial charge >= 0.3 is 0 Å². The molecule has 9 nitrogen and oxygen atoms in total. The van der Waals surface area contributed by atoms with Gasteiger partial charge in [0, 0.05) is 29.3 Å². The molecule has 0 spiro atoms. The fraction of sp³-hybridized carbons (Fsp3) is 0.200. The Kier molecular flexibility index (Phi) is 11.3. The summed E-state index contributed by atoms with van der Waals surface area (Å²) in [6.45, 7) is 0. The highest BCUT2D eigenvalue weighted by molar-refractivity contribution is 6.05. The van der Waals surface area contributed by atoms with Crippen LogP contribution in [0.5, 0.6) is 0 Å². The van der Waals surface area contributed by atoms with Crippen molar-refractivity contribution >= 4 is 46.2 Å². The van der Waals surface area contributed by atoms with Gasteiger partial charge < -0.3 is 15.1 Å². The van der Waals surface area contributed by atoms with Crippen LogP contribution >= 0.6 is 0 Å². The number of allylic oxidation sites excluding steroid dienone is 4. The molecule has 2 amide bonds. The first-order chi connectivity index (χ1) is 24.9. The van der Waals surface area contributed by atoms with Crippen molar-refractivity contribution in [3.8, 4) is 0 Å². The number of anilines is 2. The highest BCUT2D eigenvalue weighted by atomic mass is 19.1. The lowest BCUT2D eigenvalue weighted by atomic mass is 9.86. The SMILES string of the molecule is O=C(Nc1ccc(C2=C(c3cnco3)CCCC2)cc1)c1ccncc1F.O=CC1=C(c2ccc(NC(=O)c3ccncc3F)cc2)CCCC1. The van der Waals surface area contributed by atoms with E-state index < -0.39 is 23.4 Å². The number of benzene rings is 2. The number of oxazole rings is 1. The molecule has 5 aromatic rings. The molecule has 51 heavy (non-hydrogen) atoms. The second kappa shape index (κ2) is 16.5. The number of aromatic nitrogens is 3. The Balaban J connectivity index is 0.000000177. The number of pyridine rings is 2. The molecule has 2 aliphatic carbocycles. The molecule has 11 heteroatoms. The largest absolute Gasteiger partial charge is 0.444 e. The molecule has 0 saturated carbocycles. The van der Waals surface area contributed by atoms with Gasteiger partial charge in [-0.2, -0.15) is 0 Å².